The molecule has 9 heteroatoms. The van der Waals surface area contributed by atoms with Gasteiger partial charge in [-0.15, -0.1) is 10.2 Å². The number of ether oxygens (including phenoxy) is 1. The highest BCUT2D eigenvalue weighted by Crippen LogP contribution is 2.30. The zero-order valence-electron chi connectivity index (χ0n) is 12.8. The molecule has 0 bridgehead atoms. The highest BCUT2D eigenvalue weighted by atomic mass is 32.2. The van der Waals surface area contributed by atoms with Crippen molar-refractivity contribution in [2.24, 2.45) is 0 Å². The Morgan fingerprint density at radius 1 is 1.00 bits per heavy atom. The van der Waals surface area contributed by atoms with E-state index in [2.05, 4.69) is 10.2 Å². The van der Waals surface area contributed by atoms with E-state index in [0.29, 0.717) is 21.9 Å². The smallest absolute Gasteiger partial charge is 0.453 e. The molecule has 3 aromatic rings. The van der Waals surface area contributed by atoms with Gasteiger partial charge in [-0.2, -0.15) is 13.2 Å². The van der Waals surface area contributed by atoms with Crippen LogP contribution in [0.4, 0.5) is 13.2 Å². The Balaban J connectivity index is 1.68. The molecule has 0 saturated heterocycles. The van der Waals surface area contributed by atoms with Gasteiger partial charge in [0.2, 0.25) is 5.16 Å². The number of benzene rings is 2. The van der Waals surface area contributed by atoms with E-state index in [1.54, 1.807) is 6.07 Å². The number of nitrogens with zero attached hydrogens (tertiary/aromatic N) is 3. The highest BCUT2D eigenvalue weighted by Gasteiger charge is 2.38. The SMILES string of the molecule is Nn1c(SCc2cccc(Oc3ccccc3)c2)nnc1C(F)(F)F. The molecule has 0 radical (unpaired) electrons. The normalized spacial score (nSPS) is 11.5. The first-order valence-corrected chi connectivity index (χ1v) is 8.14. The Kier molecular flexibility index (Phi) is 4.84. The number of rotatable bonds is 5. The molecule has 130 valence electrons. The Labute approximate surface area is 145 Å². The minimum atomic E-state index is -4.63. The summed E-state index contributed by atoms with van der Waals surface area (Å²) in [5.41, 5.74) is 0.856. The first-order chi connectivity index (χ1) is 11.9. The van der Waals surface area contributed by atoms with Gasteiger partial charge < -0.3 is 10.6 Å². The van der Waals surface area contributed by atoms with E-state index in [0.717, 1.165) is 17.3 Å². The predicted octanol–water partition coefficient (Wildman–Crippen LogP) is 4.10. The topological polar surface area (TPSA) is 66.0 Å². The van der Waals surface area contributed by atoms with Crippen LogP contribution in [-0.2, 0) is 11.9 Å². The number of nitrogens with two attached hydrogens (primary N) is 1. The fraction of sp³-hybridized carbons (Fsp3) is 0.125. The first-order valence-electron chi connectivity index (χ1n) is 7.16. The monoisotopic (exact) mass is 366 g/mol. The van der Waals surface area contributed by atoms with E-state index in [-0.39, 0.29) is 5.16 Å². The second kappa shape index (κ2) is 7.06. The minimum Gasteiger partial charge on any atom is -0.457 e. The van der Waals surface area contributed by atoms with Crippen molar-refractivity contribution in [2.75, 3.05) is 5.84 Å². The molecule has 0 aliphatic rings. The molecule has 0 atom stereocenters. The maximum Gasteiger partial charge on any atom is 0.453 e. The van der Waals surface area contributed by atoms with E-state index >= 15 is 0 Å². The van der Waals surface area contributed by atoms with Crippen LogP contribution in [0.5, 0.6) is 11.5 Å². The molecule has 25 heavy (non-hydrogen) atoms. The summed E-state index contributed by atoms with van der Waals surface area (Å²) < 4.78 is 44.1. The summed E-state index contributed by atoms with van der Waals surface area (Å²) in [7, 11) is 0. The number of para-hydroxylation sites is 1. The van der Waals surface area contributed by atoms with Crippen molar-refractivity contribution in [3.8, 4) is 11.5 Å². The van der Waals surface area contributed by atoms with Crippen LogP contribution in [0.15, 0.2) is 59.8 Å². The second-order valence-corrected chi connectivity index (χ2v) is 5.97. The Bertz CT molecular complexity index is 852. The van der Waals surface area contributed by atoms with Crippen LogP contribution in [0.3, 0.4) is 0 Å². The van der Waals surface area contributed by atoms with Crippen LogP contribution >= 0.6 is 11.8 Å². The molecule has 2 aromatic carbocycles. The Morgan fingerprint density at radius 2 is 1.72 bits per heavy atom. The summed E-state index contributed by atoms with van der Waals surface area (Å²) in [5.74, 6) is 5.89. The molecule has 2 N–H and O–H groups in total. The summed E-state index contributed by atoms with van der Waals surface area (Å²) in [6, 6.07) is 16.5. The van der Waals surface area contributed by atoms with E-state index in [4.69, 9.17) is 10.6 Å². The van der Waals surface area contributed by atoms with Gasteiger partial charge in [0.25, 0.3) is 5.82 Å². The Hall–Kier alpha value is -2.68. The average Bonchev–Trinajstić information content (AvgIpc) is 2.95. The summed E-state index contributed by atoms with van der Waals surface area (Å²) >= 11 is 1.06. The van der Waals surface area contributed by atoms with Gasteiger partial charge in [0.15, 0.2) is 0 Å². The average molecular weight is 366 g/mol. The standard InChI is InChI=1S/C16H13F3N4OS/c17-16(18,19)14-21-22-15(23(14)20)25-10-11-5-4-8-13(9-11)24-12-6-2-1-3-7-12/h1-9H,10,20H2. The third kappa shape index (κ3) is 4.24. The van der Waals surface area contributed by atoms with Crippen molar-refractivity contribution in [3.63, 3.8) is 0 Å². The molecule has 1 aromatic heterocycles. The number of halogens is 3. The molecule has 3 rings (SSSR count). The molecule has 0 amide bonds. The molecular weight excluding hydrogens is 353 g/mol. The largest absolute Gasteiger partial charge is 0.457 e. The lowest BCUT2D eigenvalue weighted by Gasteiger charge is -2.08. The van der Waals surface area contributed by atoms with Gasteiger partial charge in [0.1, 0.15) is 11.5 Å². The fourth-order valence-corrected chi connectivity index (χ4v) is 2.84. The van der Waals surface area contributed by atoms with Gasteiger partial charge >= 0.3 is 6.18 Å². The number of aromatic nitrogens is 3. The molecule has 0 fully saturated rings. The third-order valence-electron chi connectivity index (χ3n) is 3.16. The number of thioether (sulfide) groups is 1. The van der Waals surface area contributed by atoms with Crippen molar-refractivity contribution in [3.05, 3.63) is 66.0 Å². The summed E-state index contributed by atoms with van der Waals surface area (Å²) in [4.78, 5) is 0. The van der Waals surface area contributed by atoms with Crippen LogP contribution in [0, 0.1) is 0 Å². The zero-order valence-corrected chi connectivity index (χ0v) is 13.6. The van der Waals surface area contributed by atoms with E-state index in [9.17, 15) is 13.2 Å². The second-order valence-electron chi connectivity index (χ2n) is 5.03. The Morgan fingerprint density at radius 3 is 2.40 bits per heavy atom. The van der Waals surface area contributed by atoms with Crippen molar-refractivity contribution in [1.29, 1.82) is 0 Å². The quantitative estimate of drug-likeness (QED) is 0.544. The van der Waals surface area contributed by atoms with E-state index in [1.165, 1.54) is 0 Å². The fourth-order valence-electron chi connectivity index (χ4n) is 2.04. The third-order valence-corrected chi connectivity index (χ3v) is 4.18. The molecule has 0 saturated carbocycles. The van der Waals surface area contributed by atoms with Crippen molar-refractivity contribution >= 4 is 11.8 Å². The van der Waals surface area contributed by atoms with Crippen molar-refractivity contribution in [2.45, 2.75) is 17.1 Å². The summed E-state index contributed by atoms with van der Waals surface area (Å²) in [5, 5.41) is 6.56. The van der Waals surface area contributed by atoms with Gasteiger partial charge in [0, 0.05) is 5.75 Å². The van der Waals surface area contributed by atoms with Gasteiger partial charge in [-0.05, 0) is 29.8 Å². The first kappa shape index (κ1) is 17.2. The highest BCUT2D eigenvalue weighted by molar-refractivity contribution is 7.98. The van der Waals surface area contributed by atoms with E-state index < -0.39 is 12.0 Å². The lowest BCUT2D eigenvalue weighted by atomic mass is 10.2. The van der Waals surface area contributed by atoms with Crippen molar-refractivity contribution in [1.82, 2.24) is 14.9 Å². The molecule has 5 nitrogen and oxygen atoms in total. The van der Waals surface area contributed by atoms with Gasteiger partial charge in [-0.3, -0.25) is 0 Å². The number of hydrogen-bond donors (Lipinski definition) is 1. The molecule has 0 aliphatic carbocycles. The van der Waals surface area contributed by atoms with E-state index in [1.807, 2.05) is 48.5 Å². The number of nitrogen functional groups attached to an aromatic ring is 1. The lowest BCUT2D eigenvalue weighted by Crippen LogP contribution is -2.21. The number of alkyl halides is 3. The molecule has 0 aliphatic heterocycles. The summed E-state index contributed by atoms with van der Waals surface area (Å²) in [6.07, 6.45) is -4.63. The van der Waals surface area contributed by atoms with Crippen LogP contribution in [0.25, 0.3) is 0 Å². The molecule has 1 heterocycles. The minimum absolute atomic E-state index is 0.0123. The number of hydrogen-bond acceptors (Lipinski definition) is 5. The van der Waals surface area contributed by atoms with Crippen LogP contribution in [0.2, 0.25) is 0 Å². The van der Waals surface area contributed by atoms with Crippen LogP contribution in [-0.4, -0.2) is 14.9 Å². The van der Waals surface area contributed by atoms with Gasteiger partial charge in [0.05, 0.1) is 0 Å². The zero-order chi connectivity index (χ0) is 17.9. The van der Waals surface area contributed by atoms with Crippen LogP contribution < -0.4 is 10.6 Å². The van der Waals surface area contributed by atoms with Gasteiger partial charge in [-0.25, -0.2) is 4.68 Å². The maximum absolute atomic E-state index is 12.7. The van der Waals surface area contributed by atoms with Crippen molar-refractivity contribution < 1.29 is 17.9 Å². The molecule has 0 unspecified atom stereocenters. The van der Waals surface area contributed by atoms with Gasteiger partial charge in [-0.1, -0.05) is 42.1 Å². The molecule has 0 spiro atoms. The predicted molar refractivity (Wildman–Crippen MR) is 87.7 cm³/mol. The lowest BCUT2D eigenvalue weighted by molar-refractivity contribution is -0.146. The maximum atomic E-state index is 12.7. The van der Waals surface area contributed by atoms with Crippen LogP contribution in [0.1, 0.15) is 11.4 Å². The molecular formula is C16H13F3N4OS. The summed E-state index contributed by atoms with van der Waals surface area (Å²) in [6.45, 7) is 0.